The SMILES string of the molecule is O=P12ON(O1)N(c1ccc(Br)cc1F)O2. The fourth-order valence-electron chi connectivity index (χ4n) is 1.17. The van der Waals surface area contributed by atoms with E-state index in [1.54, 1.807) is 6.07 Å². The summed E-state index contributed by atoms with van der Waals surface area (Å²) in [7, 11) is -3.48. The lowest BCUT2D eigenvalue weighted by atomic mass is 10.3. The van der Waals surface area contributed by atoms with Crippen molar-refractivity contribution in [2.75, 3.05) is 5.17 Å². The molecule has 0 unspecified atom stereocenters. The number of fused-ring (bicyclic) bond motifs is 1. The van der Waals surface area contributed by atoms with E-state index < -0.39 is 13.6 Å². The fraction of sp³-hybridized carbons (Fsp3) is 0. The third kappa shape index (κ3) is 1.42. The molecule has 0 radical (unpaired) electrons. The van der Waals surface area contributed by atoms with E-state index in [2.05, 4.69) is 25.2 Å². The zero-order valence-corrected chi connectivity index (χ0v) is 9.44. The molecule has 0 aliphatic carbocycles. The number of benzene rings is 1. The van der Waals surface area contributed by atoms with Crippen molar-refractivity contribution in [1.82, 2.24) is 5.34 Å². The van der Waals surface area contributed by atoms with Crippen LogP contribution in [0.25, 0.3) is 0 Å². The summed E-state index contributed by atoms with van der Waals surface area (Å²) in [5, 5.41) is 1.57. The minimum atomic E-state index is -3.48. The highest BCUT2D eigenvalue weighted by Crippen LogP contribution is 2.67. The number of hydrogen-bond donors (Lipinski definition) is 0. The number of hydrazine groups is 1. The van der Waals surface area contributed by atoms with Crippen molar-refractivity contribution in [3.05, 3.63) is 28.5 Å². The van der Waals surface area contributed by atoms with Gasteiger partial charge in [0.15, 0.2) is 5.82 Å². The maximum Gasteiger partial charge on any atom is 0.538 e. The van der Waals surface area contributed by atoms with Gasteiger partial charge in [0.25, 0.3) is 0 Å². The van der Waals surface area contributed by atoms with E-state index in [0.29, 0.717) is 9.81 Å². The summed E-state index contributed by atoms with van der Waals surface area (Å²) in [6.45, 7) is 0. The lowest BCUT2D eigenvalue weighted by Crippen LogP contribution is -2.34. The molecule has 9 heteroatoms. The van der Waals surface area contributed by atoms with Gasteiger partial charge in [-0.1, -0.05) is 15.9 Å². The van der Waals surface area contributed by atoms with Crippen molar-refractivity contribution in [3.63, 3.8) is 0 Å². The molecule has 0 saturated carbocycles. The van der Waals surface area contributed by atoms with Crippen LogP contribution in [0.5, 0.6) is 0 Å². The van der Waals surface area contributed by atoms with Gasteiger partial charge in [0, 0.05) is 4.47 Å². The maximum atomic E-state index is 13.4. The van der Waals surface area contributed by atoms with Crippen LogP contribution < -0.4 is 5.17 Å². The molecule has 0 spiro atoms. The molecule has 1 aromatic carbocycles. The van der Waals surface area contributed by atoms with E-state index in [1.165, 1.54) is 12.1 Å². The predicted molar refractivity (Wildman–Crippen MR) is 49.3 cm³/mol. The second-order valence-electron chi connectivity index (χ2n) is 2.80. The first-order valence-electron chi connectivity index (χ1n) is 3.82. The molecular weight excluding hydrogens is 294 g/mol. The van der Waals surface area contributed by atoms with Gasteiger partial charge in [0.2, 0.25) is 0 Å². The Morgan fingerprint density at radius 3 is 2.60 bits per heavy atom. The smallest absolute Gasteiger partial charge is 0.222 e. The summed E-state index contributed by atoms with van der Waals surface area (Å²) in [5.74, 6) is -0.558. The van der Waals surface area contributed by atoms with E-state index in [4.69, 9.17) is 4.62 Å². The van der Waals surface area contributed by atoms with Gasteiger partial charge in [0.05, 0.1) is 5.34 Å². The first-order valence-corrected chi connectivity index (χ1v) is 6.07. The standard InChI is InChI=1S/C6H3BrFN2O4P/c7-4-1-2-6(5(8)3-4)9-10-13-15(11,12-9)14-10/h1-3H. The second kappa shape index (κ2) is 3.00. The van der Waals surface area contributed by atoms with Crippen LogP contribution >= 0.6 is 23.8 Å². The molecule has 4 rings (SSSR count). The average Bonchev–Trinajstić information content (AvgIpc) is 2.57. The largest absolute Gasteiger partial charge is 0.538 e. The molecule has 3 aliphatic rings. The number of hydrogen-bond acceptors (Lipinski definition) is 6. The molecule has 3 heterocycles. The molecule has 0 N–H and O–H groups in total. The van der Waals surface area contributed by atoms with Crippen LogP contribution in [0.3, 0.4) is 0 Å². The average molecular weight is 297 g/mol. The molecule has 2 bridgehead atoms. The van der Waals surface area contributed by atoms with Gasteiger partial charge in [0.1, 0.15) is 5.69 Å². The lowest BCUT2D eigenvalue weighted by molar-refractivity contribution is -0.318. The molecule has 0 amide bonds. The molecule has 15 heavy (non-hydrogen) atoms. The number of halogens is 2. The number of rotatable bonds is 1. The Hall–Kier alpha value is -0.500. The first kappa shape index (κ1) is 9.71. The summed E-state index contributed by atoms with van der Waals surface area (Å²) in [4.78, 5) is 0. The summed E-state index contributed by atoms with van der Waals surface area (Å²) in [5.41, 5.74) is 0.0495. The third-order valence-corrected chi connectivity index (χ3v) is 3.31. The van der Waals surface area contributed by atoms with Crippen LogP contribution in [0.2, 0.25) is 0 Å². The molecule has 3 fully saturated rings. The summed E-state index contributed by atoms with van der Waals surface area (Å²) < 4.78 is 39.1. The second-order valence-corrected chi connectivity index (χ2v) is 5.10. The van der Waals surface area contributed by atoms with Gasteiger partial charge >= 0.3 is 7.82 Å². The quantitative estimate of drug-likeness (QED) is 0.742. The monoisotopic (exact) mass is 296 g/mol. The summed E-state index contributed by atoms with van der Waals surface area (Å²) in [6, 6.07) is 4.28. The molecule has 0 aromatic heterocycles. The van der Waals surface area contributed by atoms with Gasteiger partial charge in [-0.25, -0.2) is 8.96 Å². The number of phosphoric acid groups is 1. The lowest BCUT2D eigenvalue weighted by Gasteiger charge is -2.21. The van der Waals surface area contributed by atoms with Gasteiger partial charge in [-0.2, -0.15) is 0 Å². The Balaban J connectivity index is 1.98. The Labute approximate surface area is 91.7 Å². The van der Waals surface area contributed by atoms with E-state index >= 15 is 0 Å². The van der Waals surface area contributed by atoms with Crippen LogP contribution in [-0.4, -0.2) is 5.34 Å². The van der Waals surface area contributed by atoms with Crippen molar-refractivity contribution < 1.29 is 22.8 Å². The van der Waals surface area contributed by atoms with Crippen molar-refractivity contribution in [3.8, 4) is 0 Å². The van der Waals surface area contributed by atoms with Crippen molar-refractivity contribution in [2.24, 2.45) is 0 Å². The Morgan fingerprint density at radius 1 is 1.33 bits per heavy atom. The molecule has 1 aromatic rings. The Bertz CT molecular complexity index is 476. The van der Waals surface area contributed by atoms with Gasteiger partial charge < -0.3 is 0 Å². The molecule has 80 valence electrons. The Morgan fingerprint density at radius 2 is 2.07 bits per heavy atom. The molecule has 3 saturated heterocycles. The highest BCUT2D eigenvalue weighted by atomic mass is 79.9. The van der Waals surface area contributed by atoms with E-state index in [1.807, 2.05) is 0 Å². The van der Waals surface area contributed by atoms with Crippen LogP contribution in [0, 0.1) is 5.82 Å². The van der Waals surface area contributed by atoms with Crippen molar-refractivity contribution in [1.29, 1.82) is 0 Å². The zero-order valence-electron chi connectivity index (χ0n) is 6.96. The van der Waals surface area contributed by atoms with Crippen LogP contribution in [0.4, 0.5) is 10.1 Å². The molecule has 0 atom stereocenters. The van der Waals surface area contributed by atoms with Crippen LogP contribution in [0.15, 0.2) is 22.7 Å². The van der Waals surface area contributed by atoms with Crippen molar-refractivity contribution in [2.45, 2.75) is 0 Å². The predicted octanol–water partition coefficient (Wildman–Crippen LogP) is 2.54. The highest BCUT2D eigenvalue weighted by molar-refractivity contribution is 9.10. The first-order chi connectivity index (χ1) is 7.07. The normalized spacial score (nSPS) is 32.9. The zero-order chi connectivity index (χ0) is 10.6. The fourth-order valence-corrected chi connectivity index (χ4v) is 2.38. The van der Waals surface area contributed by atoms with Gasteiger partial charge in [-0.05, 0) is 18.2 Å². The van der Waals surface area contributed by atoms with E-state index in [0.717, 1.165) is 5.17 Å². The minimum Gasteiger partial charge on any atom is -0.222 e. The van der Waals surface area contributed by atoms with Crippen LogP contribution in [0.1, 0.15) is 0 Å². The van der Waals surface area contributed by atoms with E-state index in [9.17, 15) is 8.96 Å². The molecular formula is C6H3BrFN2O4P. The maximum absolute atomic E-state index is 13.4. The van der Waals surface area contributed by atoms with Crippen molar-refractivity contribution >= 4 is 29.4 Å². The molecule has 3 aliphatic heterocycles. The van der Waals surface area contributed by atoms with Crippen LogP contribution in [-0.2, 0) is 18.4 Å². The number of nitrogens with zero attached hydrogens (tertiary/aromatic N) is 2. The van der Waals surface area contributed by atoms with Gasteiger partial charge in [-0.3, -0.25) is 0 Å². The van der Waals surface area contributed by atoms with E-state index in [-0.39, 0.29) is 5.69 Å². The number of anilines is 1. The minimum absolute atomic E-state index is 0.0495. The summed E-state index contributed by atoms with van der Waals surface area (Å²) >= 11 is 3.11. The summed E-state index contributed by atoms with van der Waals surface area (Å²) in [6.07, 6.45) is 0. The third-order valence-electron chi connectivity index (χ3n) is 1.78. The highest BCUT2D eigenvalue weighted by Gasteiger charge is 2.60. The van der Waals surface area contributed by atoms with Gasteiger partial charge in [-0.15, -0.1) is 19.0 Å². The Kier molecular flexibility index (Phi) is 1.94. The topological polar surface area (TPSA) is 51.2 Å². The molecule has 6 nitrogen and oxygen atoms in total.